The Balaban J connectivity index is 1.58. The van der Waals surface area contributed by atoms with Gasteiger partial charge in [0.2, 0.25) is 0 Å². The third kappa shape index (κ3) is 4.98. The first-order valence-corrected chi connectivity index (χ1v) is 11.4. The molecule has 1 N–H and O–H groups in total. The number of hydrogen-bond donors (Lipinski definition) is 1. The number of aryl methyl sites for hydroxylation is 1. The molecule has 1 saturated carbocycles. The quantitative estimate of drug-likeness (QED) is 0.468. The molecule has 1 amide bonds. The zero-order chi connectivity index (χ0) is 20.8. The lowest BCUT2D eigenvalue weighted by molar-refractivity contribution is 0.0952. The maximum Gasteiger partial charge on any atom is 0.251 e. The zero-order valence-electron chi connectivity index (χ0n) is 17.0. The summed E-state index contributed by atoms with van der Waals surface area (Å²) in [5, 5.41) is 13.0. The van der Waals surface area contributed by atoms with E-state index < -0.39 is 0 Å². The number of ether oxygens (including phenoxy) is 2. The molecular weight excluding hydrogens is 412 g/mol. The number of thioether (sulfide) groups is 1. The largest absolute Gasteiger partial charge is 0.493 e. The van der Waals surface area contributed by atoms with E-state index in [1.165, 1.54) is 39.9 Å². The molecule has 2 aromatic rings. The van der Waals surface area contributed by atoms with Gasteiger partial charge in [0.25, 0.3) is 5.91 Å². The topological polar surface area (TPSA) is 78.3 Å². The average molecular weight is 439 g/mol. The maximum atomic E-state index is 12.5. The standard InChI is InChI=1S/C20H27ClN4O3S/c1-27-16-12-13(11-15(21)18(16)28-2)19(26)22-10-6-9-17-23-24-20(29-3)25(17)14-7-4-5-8-14/h11-12,14H,4-10H2,1-3H3,(H,22,26). The van der Waals surface area contributed by atoms with Gasteiger partial charge in [-0.15, -0.1) is 10.2 Å². The first-order chi connectivity index (χ1) is 14.1. The van der Waals surface area contributed by atoms with E-state index in [9.17, 15) is 4.79 Å². The summed E-state index contributed by atoms with van der Waals surface area (Å²) in [4.78, 5) is 12.5. The molecule has 0 saturated heterocycles. The summed E-state index contributed by atoms with van der Waals surface area (Å²) in [5.74, 6) is 1.65. The number of nitrogens with zero attached hydrogens (tertiary/aromatic N) is 3. The summed E-state index contributed by atoms with van der Waals surface area (Å²) in [7, 11) is 3.02. The molecule has 1 aliphatic rings. The number of carbonyl (C=O) groups is 1. The van der Waals surface area contributed by atoms with E-state index in [0.29, 0.717) is 34.7 Å². The predicted octanol–water partition coefficient (Wildman–Crippen LogP) is 4.15. The number of halogens is 1. The van der Waals surface area contributed by atoms with Crippen LogP contribution in [0.3, 0.4) is 0 Å². The van der Waals surface area contributed by atoms with Crippen LogP contribution in [0, 0.1) is 0 Å². The van der Waals surface area contributed by atoms with Gasteiger partial charge < -0.3 is 19.4 Å². The Bertz CT molecular complexity index is 852. The highest BCUT2D eigenvalue weighted by Gasteiger charge is 2.23. The van der Waals surface area contributed by atoms with Crippen LogP contribution in [0.5, 0.6) is 11.5 Å². The minimum atomic E-state index is -0.199. The highest BCUT2D eigenvalue weighted by atomic mass is 35.5. The summed E-state index contributed by atoms with van der Waals surface area (Å²) in [6.45, 7) is 0.539. The summed E-state index contributed by atoms with van der Waals surface area (Å²) in [6.07, 6.45) is 8.50. The summed E-state index contributed by atoms with van der Waals surface area (Å²) < 4.78 is 12.8. The number of rotatable bonds is 9. The lowest BCUT2D eigenvalue weighted by Crippen LogP contribution is -2.25. The van der Waals surface area contributed by atoms with Crippen LogP contribution >= 0.6 is 23.4 Å². The molecule has 1 aliphatic carbocycles. The van der Waals surface area contributed by atoms with Gasteiger partial charge in [-0.25, -0.2) is 0 Å². The van der Waals surface area contributed by atoms with Gasteiger partial charge >= 0.3 is 0 Å². The summed E-state index contributed by atoms with van der Waals surface area (Å²) in [5.41, 5.74) is 0.437. The van der Waals surface area contributed by atoms with E-state index in [2.05, 4.69) is 20.1 Å². The van der Waals surface area contributed by atoms with Crippen LogP contribution in [0.4, 0.5) is 0 Å². The van der Waals surface area contributed by atoms with Crippen molar-refractivity contribution in [2.75, 3.05) is 27.0 Å². The monoisotopic (exact) mass is 438 g/mol. The van der Waals surface area contributed by atoms with Gasteiger partial charge in [-0.2, -0.15) is 0 Å². The molecule has 0 atom stereocenters. The molecule has 158 valence electrons. The number of hydrogen-bond acceptors (Lipinski definition) is 6. The Morgan fingerprint density at radius 3 is 2.69 bits per heavy atom. The molecule has 1 heterocycles. The van der Waals surface area contributed by atoms with Crippen molar-refractivity contribution in [3.63, 3.8) is 0 Å². The molecule has 0 spiro atoms. The van der Waals surface area contributed by atoms with Crippen molar-refractivity contribution >= 4 is 29.3 Å². The molecule has 7 nitrogen and oxygen atoms in total. The average Bonchev–Trinajstić information content (AvgIpc) is 3.39. The zero-order valence-corrected chi connectivity index (χ0v) is 18.6. The molecule has 0 bridgehead atoms. The fourth-order valence-corrected chi connectivity index (χ4v) is 4.61. The van der Waals surface area contributed by atoms with Crippen LogP contribution in [0.15, 0.2) is 17.3 Å². The number of aromatic nitrogens is 3. The maximum absolute atomic E-state index is 12.5. The van der Waals surface area contributed by atoms with Gasteiger partial charge in [-0.1, -0.05) is 36.2 Å². The predicted molar refractivity (Wildman–Crippen MR) is 115 cm³/mol. The second kappa shape index (κ2) is 10.2. The first-order valence-electron chi connectivity index (χ1n) is 9.76. The van der Waals surface area contributed by atoms with Crippen molar-refractivity contribution in [2.24, 2.45) is 0 Å². The Morgan fingerprint density at radius 2 is 2.03 bits per heavy atom. The van der Waals surface area contributed by atoms with Gasteiger partial charge in [0.05, 0.1) is 19.2 Å². The van der Waals surface area contributed by atoms with Gasteiger partial charge in [0.1, 0.15) is 5.82 Å². The summed E-state index contributed by atoms with van der Waals surface area (Å²) in [6, 6.07) is 3.72. The molecular formula is C20H27ClN4O3S. The minimum absolute atomic E-state index is 0.199. The number of nitrogens with one attached hydrogen (secondary N) is 1. The lowest BCUT2D eigenvalue weighted by atomic mass is 10.1. The van der Waals surface area contributed by atoms with Crippen LogP contribution < -0.4 is 14.8 Å². The van der Waals surface area contributed by atoms with Crippen molar-refractivity contribution in [1.29, 1.82) is 0 Å². The Kier molecular flexibility index (Phi) is 7.66. The summed E-state index contributed by atoms with van der Waals surface area (Å²) >= 11 is 7.83. The molecule has 3 rings (SSSR count). The van der Waals surface area contributed by atoms with E-state index in [4.69, 9.17) is 21.1 Å². The first kappa shape index (κ1) is 21.8. The third-order valence-corrected chi connectivity index (χ3v) is 6.09. The highest BCUT2D eigenvalue weighted by Crippen LogP contribution is 2.36. The van der Waals surface area contributed by atoms with Crippen molar-refractivity contribution in [3.05, 3.63) is 28.5 Å². The molecule has 0 unspecified atom stereocenters. The van der Waals surface area contributed by atoms with E-state index in [1.54, 1.807) is 23.9 Å². The van der Waals surface area contributed by atoms with Crippen molar-refractivity contribution in [3.8, 4) is 11.5 Å². The highest BCUT2D eigenvalue weighted by molar-refractivity contribution is 7.98. The van der Waals surface area contributed by atoms with Gasteiger partial charge in [0, 0.05) is 24.6 Å². The Hall–Kier alpha value is -1.93. The fourth-order valence-electron chi connectivity index (χ4n) is 3.75. The molecule has 1 aromatic carbocycles. The molecule has 0 aliphatic heterocycles. The van der Waals surface area contributed by atoms with Gasteiger partial charge in [-0.05, 0) is 37.7 Å². The van der Waals surface area contributed by atoms with Crippen LogP contribution in [0.1, 0.15) is 54.3 Å². The molecule has 0 radical (unpaired) electrons. The van der Waals surface area contributed by atoms with E-state index in [1.807, 2.05) is 6.26 Å². The van der Waals surface area contributed by atoms with Crippen LogP contribution in [-0.2, 0) is 6.42 Å². The van der Waals surface area contributed by atoms with Gasteiger partial charge in [-0.3, -0.25) is 4.79 Å². The van der Waals surface area contributed by atoms with Crippen LogP contribution in [0.25, 0.3) is 0 Å². The fraction of sp³-hybridized carbons (Fsp3) is 0.550. The number of carbonyl (C=O) groups excluding carboxylic acids is 1. The van der Waals surface area contributed by atoms with Crippen molar-refractivity contribution in [2.45, 2.75) is 49.7 Å². The van der Waals surface area contributed by atoms with Crippen LogP contribution in [0.2, 0.25) is 5.02 Å². The van der Waals surface area contributed by atoms with E-state index in [-0.39, 0.29) is 5.91 Å². The normalized spacial score (nSPS) is 14.2. The molecule has 1 fully saturated rings. The van der Waals surface area contributed by atoms with Gasteiger partial charge in [0.15, 0.2) is 16.7 Å². The Labute approximate surface area is 180 Å². The molecule has 29 heavy (non-hydrogen) atoms. The van der Waals surface area contributed by atoms with Crippen LogP contribution in [-0.4, -0.2) is 47.7 Å². The van der Waals surface area contributed by atoms with E-state index >= 15 is 0 Å². The third-order valence-electron chi connectivity index (χ3n) is 5.17. The number of benzene rings is 1. The van der Waals surface area contributed by atoms with Crippen molar-refractivity contribution in [1.82, 2.24) is 20.1 Å². The smallest absolute Gasteiger partial charge is 0.251 e. The number of amides is 1. The van der Waals surface area contributed by atoms with Crippen molar-refractivity contribution < 1.29 is 14.3 Å². The van der Waals surface area contributed by atoms with E-state index in [0.717, 1.165) is 23.8 Å². The lowest BCUT2D eigenvalue weighted by Gasteiger charge is -2.16. The minimum Gasteiger partial charge on any atom is -0.493 e. The molecule has 9 heteroatoms. The molecule has 1 aromatic heterocycles. The Morgan fingerprint density at radius 1 is 1.28 bits per heavy atom. The second-order valence-electron chi connectivity index (χ2n) is 6.96. The second-order valence-corrected chi connectivity index (χ2v) is 8.14. The SMILES string of the molecule is COc1cc(C(=O)NCCCc2nnc(SC)n2C2CCCC2)cc(Cl)c1OC. The number of methoxy groups -OCH3 is 2.